The molecule has 2 aromatic rings. The molecule has 146 valence electrons. The molecular weight excluding hydrogens is 378 g/mol. The van der Waals surface area contributed by atoms with Gasteiger partial charge in [-0.2, -0.15) is 0 Å². The average molecular weight is 399 g/mol. The Bertz CT molecular complexity index is 934. The summed E-state index contributed by atoms with van der Waals surface area (Å²) in [6.45, 7) is 1.83. The van der Waals surface area contributed by atoms with Crippen molar-refractivity contribution in [3.05, 3.63) is 48.0 Å². The van der Waals surface area contributed by atoms with E-state index in [4.69, 9.17) is 26.4 Å². The number of fused-ring (bicyclic) bond motifs is 4. The van der Waals surface area contributed by atoms with Gasteiger partial charge in [-0.05, 0) is 61.6 Å². The first kappa shape index (κ1) is 18.4. The Hall–Kier alpha value is -3.00. The van der Waals surface area contributed by atoms with E-state index < -0.39 is 11.6 Å². The molecule has 2 heterocycles. The van der Waals surface area contributed by atoms with Crippen LogP contribution >= 0.6 is 12.2 Å². The number of benzene rings is 2. The topological polar surface area (TPSA) is 80.9 Å². The molecule has 2 aliphatic heterocycles. The molecule has 28 heavy (non-hydrogen) atoms. The van der Waals surface area contributed by atoms with E-state index in [0.29, 0.717) is 22.3 Å². The monoisotopic (exact) mass is 399 g/mol. The second kappa shape index (κ2) is 6.87. The second-order valence-corrected chi connectivity index (χ2v) is 7.29. The van der Waals surface area contributed by atoms with Crippen molar-refractivity contribution in [3.63, 3.8) is 0 Å². The summed E-state index contributed by atoms with van der Waals surface area (Å²) in [5.41, 5.74) is 0.521. The maximum atomic E-state index is 13.2. The zero-order chi connectivity index (χ0) is 19.9. The van der Waals surface area contributed by atoms with Gasteiger partial charge in [-0.1, -0.05) is 0 Å². The van der Waals surface area contributed by atoms with Gasteiger partial charge in [0, 0.05) is 11.3 Å². The third-order valence-electron chi connectivity index (χ3n) is 5.09. The van der Waals surface area contributed by atoms with Crippen molar-refractivity contribution in [2.24, 2.45) is 5.92 Å². The zero-order valence-electron chi connectivity index (χ0n) is 15.7. The molecule has 0 aliphatic carbocycles. The third kappa shape index (κ3) is 3.09. The molecule has 4 rings (SSSR count). The standard InChI is InChI=1S/C20H21N3O4S/c1-20-16(18(24)21-11-4-6-12(25-2)7-5-11)17(22-19(28)23-20)14-10-13(26-3)8-9-15(14)27-20/h4-10,16-17H,1-3H3,(H,21,24)(H2,22,23,28)/t16-,17-,20-/m0/s1. The minimum atomic E-state index is -0.981. The number of nitrogens with one attached hydrogen (secondary N) is 3. The summed E-state index contributed by atoms with van der Waals surface area (Å²) in [4.78, 5) is 13.2. The fourth-order valence-electron chi connectivity index (χ4n) is 3.74. The van der Waals surface area contributed by atoms with E-state index in [1.54, 1.807) is 38.5 Å². The first-order valence-corrected chi connectivity index (χ1v) is 9.25. The SMILES string of the molecule is COc1ccc(NC(=O)[C@@H]2[C@H]3NC(=S)N[C@@]2(C)Oc2ccc(OC)cc23)cc1. The van der Waals surface area contributed by atoms with Crippen LogP contribution < -0.4 is 30.2 Å². The number of rotatable bonds is 4. The van der Waals surface area contributed by atoms with Crippen molar-refractivity contribution in [3.8, 4) is 17.2 Å². The molecule has 2 bridgehead atoms. The normalized spacial score (nSPS) is 24.8. The van der Waals surface area contributed by atoms with E-state index in [0.717, 1.165) is 11.3 Å². The van der Waals surface area contributed by atoms with Crippen LogP contribution in [-0.4, -0.2) is 31.0 Å². The lowest BCUT2D eigenvalue weighted by Crippen LogP contribution is -2.70. The van der Waals surface area contributed by atoms with Crippen molar-refractivity contribution in [1.82, 2.24) is 10.6 Å². The summed E-state index contributed by atoms with van der Waals surface area (Å²) in [6, 6.07) is 12.4. The van der Waals surface area contributed by atoms with Gasteiger partial charge in [-0.15, -0.1) is 0 Å². The van der Waals surface area contributed by atoms with Crippen molar-refractivity contribution in [2.45, 2.75) is 18.7 Å². The van der Waals surface area contributed by atoms with Gasteiger partial charge < -0.3 is 30.2 Å². The van der Waals surface area contributed by atoms with Crippen molar-refractivity contribution in [2.75, 3.05) is 19.5 Å². The van der Waals surface area contributed by atoms with Gasteiger partial charge in [-0.3, -0.25) is 4.79 Å². The van der Waals surface area contributed by atoms with Gasteiger partial charge in [0.2, 0.25) is 5.91 Å². The number of hydrogen-bond donors (Lipinski definition) is 3. The van der Waals surface area contributed by atoms with E-state index in [2.05, 4.69) is 16.0 Å². The number of carbonyl (C=O) groups is 1. The Balaban J connectivity index is 1.68. The Labute approximate surface area is 168 Å². The zero-order valence-corrected chi connectivity index (χ0v) is 16.6. The Morgan fingerprint density at radius 2 is 1.82 bits per heavy atom. The highest BCUT2D eigenvalue weighted by atomic mass is 32.1. The molecule has 8 heteroatoms. The number of ether oxygens (including phenoxy) is 3. The predicted octanol–water partition coefficient (Wildman–Crippen LogP) is 2.59. The summed E-state index contributed by atoms with van der Waals surface area (Å²) >= 11 is 5.34. The van der Waals surface area contributed by atoms with E-state index in [1.165, 1.54) is 0 Å². The first-order valence-electron chi connectivity index (χ1n) is 8.84. The molecule has 3 N–H and O–H groups in total. The summed E-state index contributed by atoms with van der Waals surface area (Å²) in [7, 11) is 3.20. The van der Waals surface area contributed by atoms with Crippen LogP contribution in [0, 0.1) is 5.92 Å². The second-order valence-electron chi connectivity index (χ2n) is 6.88. The van der Waals surface area contributed by atoms with E-state index >= 15 is 0 Å². The van der Waals surface area contributed by atoms with Crippen LogP contribution in [0.1, 0.15) is 18.5 Å². The molecular formula is C20H21N3O4S. The minimum absolute atomic E-state index is 0.186. The van der Waals surface area contributed by atoms with Crippen LogP contribution in [0.3, 0.4) is 0 Å². The first-order chi connectivity index (χ1) is 13.4. The highest BCUT2D eigenvalue weighted by Crippen LogP contribution is 2.46. The lowest BCUT2D eigenvalue weighted by Gasteiger charge is -2.50. The van der Waals surface area contributed by atoms with Gasteiger partial charge >= 0.3 is 0 Å². The number of amides is 1. The maximum Gasteiger partial charge on any atom is 0.236 e. The van der Waals surface area contributed by atoms with E-state index in [-0.39, 0.29) is 11.9 Å². The molecule has 0 spiro atoms. The largest absolute Gasteiger partial charge is 0.497 e. The minimum Gasteiger partial charge on any atom is -0.497 e. The molecule has 0 unspecified atom stereocenters. The Kier molecular flexibility index (Phi) is 4.50. The lowest BCUT2D eigenvalue weighted by molar-refractivity contribution is -0.132. The number of thiocarbonyl (C=S) groups is 1. The summed E-state index contributed by atoms with van der Waals surface area (Å²) in [6.07, 6.45) is 0. The van der Waals surface area contributed by atoms with E-state index in [1.807, 2.05) is 25.1 Å². The van der Waals surface area contributed by atoms with Crippen LogP contribution in [0.2, 0.25) is 0 Å². The average Bonchev–Trinajstić information content (AvgIpc) is 2.67. The van der Waals surface area contributed by atoms with Gasteiger partial charge in [0.25, 0.3) is 0 Å². The third-order valence-corrected chi connectivity index (χ3v) is 5.31. The molecule has 0 saturated carbocycles. The maximum absolute atomic E-state index is 13.2. The van der Waals surface area contributed by atoms with Crippen molar-refractivity contribution < 1.29 is 19.0 Å². The molecule has 0 aromatic heterocycles. The van der Waals surface area contributed by atoms with E-state index in [9.17, 15) is 4.79 Å². The smallest absolute Gasteiger partial charge is 0.236 e. The van der Waals surface area contributed by atoms with Crippen LogP contribution in [-0.2, 0) is 4.79 Å². The van der Waals surface area contributed by atoms with Gasteiger partial charge in [0.15, 0.2) is 10.8 Å². The Morgan fingerprint density at radius 3 is 2.50 bits per heavy atom. The van der Waals surface area contributed by atoms with Crippen LogP contribution in [0.4, 0.5) is 5.69 Å². The van der Waals surface area contributed by atoms with Gasteiger partial charge in [-0.25, -0.2) is 0 Å². The summed E-state index contributed by atoms with van der Waals surface area (Å²) in [5, 5.41) is 9.74. The van der Waals surface area contributed by atoms with Gasteiger partial charge in [0.05, 0.1) is 20.3 Å². The van der Waals surface area contributed by atoms with Gasteiger partial charge in [0.1, 0.15) is 23.2 Å². The highest BCUT2D eigenvalue weighted by molar-refractivity contribution is 7.80. The number of carbonyl (C=O) groups excluding carboxylic acids is 1. The van der Waals surface area contributed by atoms with Crippen LogP contribution in [0.5, 0.6) is 17.2 Å². The molecule has 0 radical (unpaired) electrons. The molecule has 1 saturated heterocycles. The fraction of sp³-hybridized carbons (Fsp3) is 0.300. The number of methoxy groups -OCH3 is 2. The molecule has 1 amide bonds. The molecule has 2 aromatic carbocycles. The van der Waals surface area contributed by atoms with Crippen molar-refractivity contribution >= 4 is 28.9 Å². The van der Waals surface area contributed by atoms with Crippen LogP contribution in [0.25, 0.3) is 0 Å². The lowest BCUT2D eigenvalue weighted by atomic mass is 9.80. The summed E-state index contributed by atoms with van der Waals surface area (Å²) in [5.74, 6) is 1.34. The quantitative estimate of drug-likeness (QED) is 0.682. The predicted molar refractivity (Wildman–Crippen MR) is 109 cm³/mol. The summed E-state index contributed by atoms with van der Waals surface area (Å²) < 4.78 is 16.7. The molecule has 3 atom stereocenters. The molecule has 7 nitrogen and oxygen atoms in total. The fourth-order valence-corrected chi connectivity index (χ4v) is 4.07. The van der Waals surface area contributed by atoms with Crippen molar-refractivity contribution in [1.29, 1.82) is 0 Å². The molecule has 1 fully saturated rings. The molecule has 2 aliphatic rings. The highest BCUT2D eigenvalue weighted by Gasteiger charge is 2.54. The Morgan fingerprint density at radius 1 is 1.14 bits per heavy atom. The van der Waals surface area contributed by atoms with Crippen LogP contribution in [0.15, 0.2) is 42.5 Å². The number of hydrogen-bond acceptors (Lipinski definition) is 5. The number of anilines is 1.